The summed E-state index contributed by atoms with van der Waals surface area (Å²) in [5.74, 6) is -1.62. The molecule has 3 atom stereocenters. The van der Waals surface area contributed by atoms with Gasteiger partial charge in [-0.15, -0.1) is 0 Å². The van der Waals surface area contributed by atoms with E-state index in [2.05, 4.69) is 5.32 Å². The fraction of sp³-hybridized carbons (Fsp3) is 0.500. The van der Waals surface area contributed by atoms with Gasteiger partial charge in [-0.3, -0.25) is 9.59 Å². The predicted molar refractivity (Wildman–Crippen MR) is 92.8 cm³/mol. The number of nitrogens with zero attached hydrogens (tertiary/aromatic N) is 1. The number of nitrogens with one attached hydrogen (secondary N) is 1. The second-order valence-electron chi connectivity index (χ2n) is 6.54. The van der Waals surface area contributed by atoms with Crippen molar-refractivity contribution in [1.29, 1.82) is 0 Å². The molecule has 0 spiro atoms. The van der Waals surface area contributed by atoms with Crippen molar-refractivity contribution in [3.63, 3.8) is 0 Å². The Bertz CT molecular complexity index is 661. The minimum Gasteiger partial charge on any atom is -0.481 e. The van der Waals surface area contributed by atoms with Gasteiger partial charge in [-0.2, -0.15) is 0 Å². The third-order valence-corrected chi connectivity index (χ3v) is 4.88. The van der Waals surface area contributed by atoms with Crippen LogP contribution in [0.2, 0.25) is 0 Å². The highest BCUT2D eigenvalue weighted by Crippen LogP contribution is 2.27. The zero-order valence-corrected chi connectivity index (χ0v) is 14.6. The second kappa shape index (κ2) is 8.00. The Morgan fingerprint density at radius 1 is 1.36 bits per heavy atom. The minimum atomic E-state index is -0.879. The van der Waals surface area contributed by atoms with Crippen molar-refractivity contribution in [2.45, 2.75) is 45.2 Å². The SMILES string of the molecule is Cc1ccccc1C(CC(=O)N1CCC[C@@H](C(=O)O)[C@H]1C)NC(N)=O. The maximum Gasteiger partial charge on any atom is 0.312 e. The molecule has 136 valence electrons. The average Bonchev–Trinajstić information content (AvgIpc) is 2.54. The Morgan fingerprint density at radius 3 is 2.64 bits per heavy atom. The van der Waals surface area contributed by atoms with E-state index >= 15 is 0 Å². The first kappa shape index (κ1) is 18.8. The second-order valence-corrected chi connectivity index (χ2v) is 6.54. The van der Waals surface area contributed by atoms with Crippen molar-refractivity contribution in [2.75, 3.05) is 6.54 Å². The number of hydrogen-bond donors (Lipinski definition) is 3. The van der Waals surface area contributed by atoms with Gasteiger partial charge in [-0.1, -0.05) is 24.3 Å². The van der Waals surface area contributed by atoms with E-state index < -0.39 is 24.0 Å². The van der Waals surface area contributed by atoms with Gasteiger partial charge >= 0.3 is 12.0 Å². The van der Waals surface area contributed by atoms with E-state index in [1.165, 1.54) is 0 Å². The van der Waals surface area contributed by atoms with Gasteiger partial charge in [0.1, 0.15) is 0 Å². The van der Waals surface area contributed by atoms with Crippen LogP contribution < -0.4 is 11.1 Å². The van der Waals surface area contributed by atoms with Crippen LogP contribution in [0.3, 0.4) is 0 Å². The van der Waals surface area contributed by atoms with Crippen LogP contribution in [0.1, 0.15) is 43.4 Å². The molecule has 1 heterocycles. The van der Waals surface area contributed by atoms with Gasteiger partial charge in [0.25, 0.3) is 0 Å². The number of carbonyl (C=O) groups excluding carboxylic acids is 2. The summed E-state index contributed by atoms with van der Waals surface area (Å²) in [6.07, 6.45) is 1.27. The Kier molecular flexibility index (Phi) is 6.01. The lowest BCUT2D eigenvalue weighted by molar-refractivity contribution is -0.149. The first-order chi connectivity index (χ1) is 11.8. The maximum absolute atomic E-state index is 12.8. The van der Waals surface area contributed by atoms with E-state index in [4.69, 9.17) is 5.73 Å². The quantitative estimate of drug-likeness (QED) is 0.754. The molecule has 3 amide bonds. The van der Waals surface area contributed by atoms with Crippen LogP contribution in [0.4, 0.5) is 4.79 Å². The minimum absolute atomic E-state index is 0.0461. The van der Waals surface area contributed by atoms with Crippen molar-refractivity contribution < 1.29 is 19.5 Å². The summed E-state index contributed by atoms with van der Waals surface area (Å²) < 4.78 is 0. The molecule has 1 aromatic carbocycles. The predicted octanol–water partition coefficient (Wildman–Crippen LogP) is 1.81. The molecule has 2 rings (SSSR count). The molecule has 0 bridgehead atoms. The number of aliphatic carboxylic acids is 1. The third kappa shape index (κ3) is 4.49. The number of aryl methyl sites for hydroxylation is 1. The maximum atomic E-state index is 12.8. The normalized spacial score (nSPS) is 21.4. The highest BCUT2D eigenvalue weighted by Gasteiger charge is 2.36. The Hall–Kier alpha value is -2.57. The van der Waals surface area contributed by atoms with E-state index in [1.807, 2.05) is 31.2 Å². The first-order valence-corrected chi connectivity index (χ1v) is 8.45. The Morgan fingerprint density at radius 2 is 2.04 bits per heavy atom. The summed E-state index contributed by atoms with van der Waals surface area (Å²) in [6, 6.07) is 5.87. The summed E-state index contributed by atoms with van der Waals surface area (Å²) in [7, 11) is 0. The molecule has 0 aliphatic carbocycles. The molecule has 0 saturated carbocycles. The van der Waals surface area contributed by atoms with Crippen LogP contribution in [0.5, 0.6) is 0 Å². The number of amides is 3. The lowest BCUT2D eigenvalue weighted by atomic mass is 9.89. The van der Waals surface area contributed by atoms with Gasteiger partial charge in [-0.05, 0) is 37.8 Å². The molecular formula is C18H25N3O4. The van der Waals surface area contributed by atoms with Gasteiger partial charge in [0, 0.05) is 12.6 Å². The van der Waals surface area contributed by atoms with Crippen molar-refractivity contribution in [3.8, 4) is 0 Å². The lowest BCUT2D eigenvalue weighted by Gasteiger charge is -2.38. The molecule has 0 aromatic heterocycles. The molecule has 7 heteroatoms. The lowest BCUT2D eigenvalue weighted by Crippen LogP contribution is -2.50. The molecule has 7 nitrogen and oxygen atoms in total. The van der Waals surface area contributed by atoms with Crippen LogP contribution in [0, 0.1) is 12.8 Å². The number of urea groups is 1. The Balaban J connectivity index is 2.18. The van der Waals surface area contributed by atoms with Crippen LogP contribution in [-0.2, 0) is 9.59 Å². The molecule has 1 aliphatic rings. The van der Waals surface area contributed by atoms with Crippen LogP contribution in [0.25, 0.3) is 0 Å². The summed E-state index contributed by atoms with van der Waals surface area (Å²) in [5, 5.41) is 11.9. The monoisotopic (exact) mass is 347 g/mol. The molecule has 25 heavy (non-hydrogen) atoms. The van der Waals surface area contributed by atoms with E-state index in [1.54, 1.807) is 11.8 Å². The Labute approximate surface area is 147 Å². The van der Waals surface area contributed by atoms with Gasteiger partial charge in [-0.25, -0.2) is 4.79 Å². The molecule has 1 aromatic rings. The molecule has 4 N–H and O–H groups in total. The van der Waals surface area contributed by atoms with Crippen LogP contribution in [-0.4, -0.2) is 40.5 Å². The van der Waals surface area contributed by atoms with Crippen LogP contribution >= 0.6 is 0 Å². The molecule has 1 saturated heterocycles. The molecule has 0 radical (unpaired) electrons. The number of benzene rings is 1. The van der Waals surface area contributed by atoms with Crippen LogP contribution in [0.15, 0.2) is 24.3 Å². The molecule has 1 aliphatic heterocycles. The highest BCUT2D eigenvalue weighted by atomic mass is 16.4. The average molecular weight is 347 g/mol. The number of likely N-dealkylation sites (tertiary alicyclic amines) is 1. The fourth-order valence-electron chi connectivity index (χ4n) is 3.51. The smallest absolute Gasteiger partial charge is 0.312 e. The summed E-state index contributed by atoms with van der Waals surface area (Å²) >= 11 is 0. The zero-order chi connectivity index (χ0) is 18.6. The van der Waals surface area contributed by atoms with Gasteiger partial charge in [0.2, 0.25) is 5.91 Å². The van der Waals surface area contributed by atoms with Gasteiger partial charge in [0.05, 0.1) is 18.4 Å². The van der Waals surface area contributed by atoms with E-state index in [0.29, 0.717) is 19.4 Å². The number of primary amides is 1. The van der Waals surface area contributed by atoms with Crippen molar-refractivity contribution in [2.24, 2.45) is 11.7 Å². The molecule has 1 unspecified atom stereocenters. The van der Waals surface area contributed by atoms with Crippen molar-refractivity contribution >= 4 is 17.9 Å². The third-order valence-electron chi connectivity index (χ3n) is 4.88. The number of piperidine rings is 1. The van der Waals surface area contributed by atoms with Gasteiger partial charge < -0.3 is 21.1 Å². The summed E-state index contributed by atoms with van der Waals surface area (Å²) in [4.78, 5) is 37.1. The molecular weight excluding hydrogens is 322 g/mol. The fourth-order valence-corrected chi connectivity index (χ4v) is 3.51. The number of nitrogens with two attached hydrogens (primary N) is 1. The number of carboxylic acid groups (broad SMARTS) is 1. The van der Waals surface area contributed by atoms with E-state index in [0.717, 1.165) is 11.1 Å². The van der Waals surface area contributed by atoms with E-state index in [9.17, 15) is 19.5 Å². The highest BCUT2D eigenvalue weighted by molar-refractivity contribution is 5.80. The zero-order valence-electron chi connectivity index (χ0n) is 14.6. The topological polar surface area (TPSA) is 113 Å². The number of hydrogen-bond acceptors (Lipinski definition) is 3. The first-order valence-electron chi connectivity index (χ1n) is 8.45. The number of carbonyl (C=O) groups is 3. The summed E-state index contributed by atoms with van der Waals surface area (Å²) in [6.45, 7) is 4.19. The van der Waals surface area contributed by atoms with E-state index in [-0.39, 0.29) is 18.4 Å². The number of carboxylic acids is 1. The molecule has 1 fully saturated rings. The largest absolute Gasteiger partial charge is 0.481 e. The standard InChI is InChI=1S/C18H25N3O4/c1-11-6-3-4-7-13(11)15(20-18(19)25)10-16(22)21-9-5-8-14(12(21)2)17(23)24/h3-4,6-7,12,14-15H,5,8-10H2,1-2H3,(H,23,24)(H3,19,20,25)/t12-,14-,15?/m1/s1. The van der Waals surface area contributed by atoms with Crippen molar-refractivity contribution in [1.82, 2.24) is 10.2 Å². The van der Waals surface area contributed by atoms with Crippen molar-refractivity contribution in [3.05, 3.63) is 35.4 Å². The number of rotatable bonds is 5. The summed E-state index contributed by atoms with van der Waals surface area (Å²) in [5.41, 5.74) is 7.05. The van der Waals surface area contributed by atoms with Gasteiger partial charge in [0.15, 0.2) is 0 Å².